The number of halogens is 1. The van der Waals surface area contributed by atoms with Crippen LogP contribution in [-0.2, 0) is 20.5 Å². The summed E-state index contributed by atoms with van der Waals surface area (Å²) in [5.74, 6) is 0.428. The largest absolute Gasteiger partial charge is 0.490 e. The van der Waals surface area contributed by atoms with Crippen molar-refractivity contribution in [2.24, 2.45) is 0 Å². The van der Waals surface area contributed by atoms with Crippen LogP contribution >= 0.6 is 15.9 Å². The zero-order valence-electron chi connectivity index (χ0n) is 13.2. The molecule has 5 nitrogen and oxygen atoms in total. The van der Waals surface area contributed by atoms with Gasteiger partial charge in [0, 0.05) is 17.1 Å². The van der Waals surface area contributed by atoms with Gasteiger partial charge in [0.2, 0.25) is 10.0 Å². The Morgan fingerprint density at radius 1 is 1.25 bits per heavy atom. The normalized spacial score (nSPS) is 16.7. The van der Waals surface area contributed by atoms with Crippen molar-refractivity contribution in [3.05, 3.63) is 58.6 Å². The number of ether oxygens (including phenoxy) is 2. The Kier molecular flexibility index (Phi) is 5.12. The number of para-hydroxylation sites is 1. The van der Waals surface area contributed by atoms with Crippen LogP contribution in [0.3, 0.4) is 0 Å². The Morgan fingerprint density at radius 2 is 1.96 bits per heavy atom. The van der Waals surface area contributed by atoms with E-state index in [9.17, 15) is 8.42 Å². The molecule has 2 aromatic rings. The summed E-state index contributed by atoms with van der Waals surface area (Å²) in [7, 11) is -1.96. The number of epoxide rings is 1. The Morgan fingerprint density at radius 3 is 2.62 bits per heavy atom. The van der Waals surface area contributed by atoms with Crippen LogP contribution < -0.4 is 9.04 Å². The Labute approximate surface area is 150 Å². The zero-order chi connectivity index (χ0) is 17.2. The molecule has 0 bridgehead atoms. The van der Waals surface area contributed by atoms with E-state index in [-0.39, 0.29) is 11.9 Å². The topological polar surface area (TPSA) is 59.1 Å². The molecule has 1 saturated heterocycles. The molecule has 3 rings (SSSR count). The summed E-state index contributed by atoms with van der Waals surface area (Å²) in [6, 6.07) is 14.4. The summed E-state index contributed by atoms with van der Waals surface area (Å²) >= 11 is 3.39. The summed E-state index contributed by atoms with van der Waals surface area (Å²) < 4.78 is 38.4. The lowest BCUT2D eigenvalue weighted by Gasteiger charge is -2.20. The van der Waals surface area contributed by atoms with Gasteiger partial charge in [-0.2, -0.15) is 0 Å². The first-order valence-corrected chi connectivity index (χ1v) is 9.90. The smallest absolute Gasteiger partial charge is 0.239 e. The molecule has 0 saturated carbocycles. The van der Waals surface area contributed by atoms with Gasteiger partial charge in [-0.25, -0.2) is 8.42 Å². The van der Waals surface area contributed by atoms with Crippen LogP contribution in [0.5, 0.6) is 5.75 Å². The van der Waals surface area contributed by atoms with Crippen molar-refractivity contribution in [1.29, 1.82) is 0 Å². The summed E-state index contributed by atoms with van der Waals surface area (Å²) in [6.45, 7) is 1.12. The fourth-order valence-electron chi connectivity index (χ4n) is 2.22. The predicted molar refractivity (Wildman–Crippen MR) is 96.8 cm³/mol. The predicted octanol–water partition coefficient (Wildman–Crippen LogP) is 3.19. The molecule has 1 heterocycles. The molecule has 1 unspecified atom stereocenters. The van der Waals surface area contributed by atoms with Gasteiger partial charge in [-0.15, -0.1) is 0 Å². The quantitative estimate of drug-likeness (QED) is 0.656. The summed E-state index contributed by atoms with van der Waals surface area (Å²) in [6.07, 6.45) is 0.112. The maximum Gasteiger partial charge on any atom is 0.239 e. The first-order valence-electron chi connectivity index (χ1n) is 7.50. The number of sulfonamides is 1. The van der Waals surface area contributed by atoms with Gasteiger partial charge in [0.25, 0.3) is 0 Å². The standard InChI is InChI=1S/C17H18BrNO4S/c1-19(15-5-3-2-4-6-15)24(20,21)12-13-7-8-14(18)9-17(13)23-11-16-10-22-16/h2-9,16H,10-12H2,1H3. The molecule has 1 atom stereocenters. The van der Waals surface area contributed by atoms with Gasteiger partial charge in [0.1, 0.15) is 18.5 Å². The molecule has 24 heavy (non-hydrogen) atoms. The van der Waals surface area contributed by atoms with Gasteiger partial charge >= 0.3 is 0 Å². The molecule has 0 amide bonds. The maximum atomic E-state index is 12.7. The molecule has 0 spiro atoms. The highest BCUT2D eigenvalue weighted by Gasteiger charge is 2.25. The van der Waals surface area contributed by atoms with Gasteiger partial charge < -0.3 is 9.47 Å². The molecule has 0 aliphatic carbocycles. The maximum absolute atomic E-state index is 12.7. The zero-order valence-corrected chi connectivity index (χ0v) is 15.6. The van der Waals surface area contributed by atoms with E-state index in [4.69, 9.17) is 9.47 Å². The third kappa shape index (κ3) is 4.28. The van der Waals surface area contributed by atoms with E-state index in [2.05, 4.69) is 15.9 Å². The van der Waals surface area contributed by atoms with Crippen LogP contribution in [0.2, 0.25) is 0 Å². The molecule has 0 N–H and O–H groups in total. The highest BCUT2D eigenvalue weighted by molar-refractivity contribution is 9.10. The molecular weight excluding hydrogens is 394 g/mol. The first-order chi connectivity index (χ1) is 11.5. The lowest BCUT2D eigenvalue weighted by atomic mass is 10.2. The lowest BCUT2D eigenvalue weighted by Crippen LogP contribution is -2.28. The fourth-order valence-corrected chi connectivity index (χ4v) is 3.83. The number of hydrogen-bond acceptors (Lipinski definition) is 4. The van der Waals surface area contributed by atoms with Crippen molar-refractivity contribution >= 4 is 31.6 Å². The molecule has 0 aromatic heterocycles. The van der Waals surface area contributed by atoms with Crippen molar-refractivity contribution in [2.45, 2.75) is 11.9 Å². The molecule has 7 heteroatoms. The van der Waals surface area contributed by atoms with E-state index < -0.39 is 10.0 Å². The number of benzene rings is 2. The van der Waals surface area contributed by atoms with Crippen molar-refractivity contribution in [3.63, 3.8) is 0 Å². The molecule has 128 valence electrons. The number of anilines is 1. The first kappa shape index (κ1) is 17.3. The van der Waals surface area contributed by atoms with Crippen LogP contribution in [0.1, 0.15) is 5.56 Å². The van der Waals surface area contributed by atoms with E-state index in [1.165, 1.54) is 4.31 Å². The lowest BCUT2D eigenvalue weighted by molar-refractivity contribution is 0.261. The monoisotopic (exact) mass is 411 g/mol. The number of nitrogens with zero attached hydrogens (tertiary/aromatic N) is 1. The molecule has 1 aliphatic rings. The summed E-state index contributed by atoms with van der Waals surface area (Å²) in [5.41, 5.74) is 1.25. The minimum absolute atomic E-state index is 0.112. The number of hydrogen-bond donors (Lipinski definition) is 0. The van der Waals surface area contributed by atoms with Crippen molar-refractivity contribution < 1.29 is 17.9 Å². The summed E-state index contributed by atoms with van der Waals surface area (Å²) in [5, 5.41) is 0. The molecular formula is C17H18BrNO4S. The van der Waals surface area contributed by atoms with Gasteiger partial charge in [0.05, 0.1) is 18.0 Å². The van der Waals surface area contributed by atoms with Crippen molar-refractivity contribution in [1.82, 2.24) is 0 Å². The van der Waals surface area contributed by atoms with Crippen LogP contribution in [0, 0.1) is 0 Å². The molecule has 1 aliphatic heterocycles. The molecule has 1 fully saturated rings. The third-order valence-corrected chi connectivity index (χ3v) is 5.95. The third-order valence-electron chi connectivity index (χ3n) is 3.73. The van der Waals surface area contributed by atoms with Crippen LogP contribution in [0.15, 0.2) is 53.0 Å². The van der Waals surface area contributed by atoms with Gasteiger partial charge in [-0.3, -0.25) is 4.31 Å². The van der Waals surface area contributed by atoms with E-state index in [0.717, 1.165) is 4.47 Å². The second-order valence-electron chi connectivity index (χ2n) is 5.58. The van der Waals surface area contributed by atoms with Crippen molar-refractivity contribution in [2.75, 3.05) is 24.6 Å². The highest BCUT2D eigenvalue weighted by atomic mass is 79.9. The summed E-state index contributed by atoms with van der Waals surface area (Å²) in [4.78, 5) is 0. The number of rotatable bonds is 7. The van der Waals surface area contributed by atoms with E-state index in [1.54, 1.807) is 31.3 Å². The van der Waals surface area contributed by atoms with Gasteiger partial charge in [-0.05, 0) is 24.3 Å². The van der Waals surface area contributed by atoms with Crippen LogP contribution in [0.4, 0.5) is 5.69 Å². The minimum atomic E-state index is -3.52. The van der Waals surface area contributed by atoms with E-state index in [0.29, 0.717) is 30.2 Å². The molecule has 0 radical (unpaired) electrons. The van der Waals surface area contributed by atoms with Crippen molar-refractivity contribution in [3.8, 4) is 5.75 Å². The highest BCUT2D eigenvalue weighted by Crippen LogP contribution is 2.28. The average Bonchev–Trinajstić information content (AvgIpc) is 3.39. The van der Waals surface area contributed by atoms with E-state index in [1.807, 2.05) is 24.3 Å². The molecule has 2 aromatic carbocycles. The minimum Gasteiger partial charge on any atom is -0.490 e. The Bertz CT molecular complexity index is 807. The van der Waals surface area contributed by atoms with Gasteiger partial charge in [0.15, 0.2) is 0 Å². The average molecular weight is 412 g/mol. The Balaban J connectivity index is 1.80. The van der Waals surface area contributed by atoms with E-state index >= 15 is 0 Å². The fraction of sp³-hybridized carbons (Fsp3) is 0.294. The van der Waals surface area contributed by atoms with Crippen LogP contribution in [0.25, 0.3) is 0 Å². The Hall–Kier alpha value is -1.57. The van der Waals surface area contributed by atoms with Gasteiger partial charge in [-0.1, -0.05) is 40.2 Å². The van der Waals surface area contributed by atoms with Crippen LogP contribution in [-0.4, -0.2) is 34.8 Å². The second-order valence-corrected chi connectivity index (χ2v) is 8.49. The second kappa shape index (κ2) is 7.13. The SMILES string of the molecule is CN(c1ccccc1)S(=O)(=O)Cc1ccc(Br)cc1OCC1CO1.